The summed E-state index contributed by atoms with van der Waals surface area (Å²) in [7, 11) is -9.91. The monoisotopic (exact) mass is 1420 g/mol. The largest absolute Gasteiger partial charge is 0.472 e. The van der Waals surface area contributed by atoms with Crippen molar-refractivity contribution < 1.29 is 80.2 Å². The maximum atomic E-state index is 13.1. The van der Waals surface area contributed by atoms with Crippen LogP contribution in [0.25, 0.3) is 0 Å². The molecule has 0 saturated heterocycles. The summed E-state index contributed by atoms with van der Waals surface area (Å²) in [6.07, 6.45) is 60.9. The molecule has 0 spiro atoms. The summed E-state index contributed by atoms with van der Waals surface area (Å²) in [5.41, 5.74) is 0. The van der Waals surface area contributed by atoms with Crippen molar-refractivity contribution in [1.82, 2.24) is 0 Å². The first kappa shape index (κ1) is 95.1. The molecule has 0 aliphatic carbocycles. The van der Waals surface area contributed by atoms with Gasteiger partial charge in [-0.2, -0.15) is 0 Å². The zero-order chi connectivity index (χ0) is 71.2. The van der Waals surface area contributed by atoms with Gasteiger partial charge in [-0.1, -0.05) is 362 Å². The second-order valence-electron chi connectivity index (χ2n) is 28.6. The van der Waals surface area contributed by atoms with E-state index in [1.54, 1.807) is 0 Å². The Hall–Kier alpha value is -1.94. The minimum atomic E-state index is -4.96. The normalized spacial score (nSPS) is 13.9. The lowest BCUT2D eigenvalue weighted by molar-refractivity contribution is -0.161. The van der Waals surface area contributed by atoms with Crippen molar-refractivity contribution in [3.8, 4) is 0 Å². The summed E-state index contributed by atoms with van der Waals surface area (Å²) in [5.74, 6) is -1.38. The Morgan fingerprint density at radius 1 is 0.278 bits per heavy atom. The van der Waals surface area contributed by atoms with Crippen LogP contribution < -0.4 is 0 Å². The Morgan fingerprint density at radius 3 is 0.701 bits per heavy atom. The Bertz CT molecular complexity index is 1860. The van der Waals surface area contributed by atoms with Crippen molar-refractivity contribution >= 4 is 39.5 Å². The fourth-order valence-electron chi connectivity index (χ4n) is 12.1. The van der Waals surface area contributed by atoms with Crippen LogP contribution in [-0.2, 0) is 65.4 Å². The number of phosphoric acid groups is 2. The van der Waals surface area contributed by atoms with E-state index in [9.17, 15) is 43.2 Å². The Balaban J connectivity index is 5.25. The lowest BCUT2D eigenvalue weighted by atomic mass is 10.0. The number of carbonyl (C=O) groups excluding carboxylic acids is 4. The first-order valence-electron chi connectivity index (χ1n) is 40.6. The third kappa shape index (κ3) is 72.2. The molecule has 0 bridgehead atoms. The number of aliphatic hydroxyl groups excluding tert-OH is 1. The van der Waals surface area contributed by atoms with Crippen molar-refractivity contribution in [2.24, 2.45) is 5.92 Å². The molecule has 0 heterocycles. The molecule has 0 rings (SSSR count). The van der Waals surface area contributed by atoms with E-state index in [4.69, 9.17) is 37.0 Å². The number of hydrogen-bond donors (Lipinski definition) is 3. The van der Waals surface area contributed by atoms with Crippen LogP contribution in [0.1, 0.15) is 413 Å². The number of phosphoric ester groups is 2. The summed E-state index contributed by atoms with van der Waals surface area (Å²) >= 11 is 0. The molecule has 0 aromatic carbocycles. The van der Waals surface area contributed by atoms with E-state index in [1.807, 2.05) is 0 Å². The van der Waals surface area contributed by atoms with Crippen molar-refractivity contribution in [1.29, 1.82) is 0 Å². The summed E-state index contributed by atoms with van der Waals surface area (Å²) < 4.78 is 68.6. The molecule has 97 heavy (non-hydrogen) atoms. The van der Waals surface area contributed by atoms with Gasteiger partial charge in [0.25, 0.3) is 0 Å². The average molecular weight is 1420 g/mol. The van der Waals surface area contributed by atoms with Crippen LogP contribution in [0.4, 0.5) is 0 Å². The molecule has 2 unspecified atom stereocenters. The van der Waals surface area contributed by atoms with Crippen LogP contribution in [0.3, 0.4) is 0 Å². The molecule has 576 valence electrons. The van der Waals surface area contributed by atoms with Crippen LogP contribution >= 0.6 is 15.6 Å². The predicted molar refractivity (Wildman–Crippen MR) is 395 cm³/mol. The van der Waals surface area contributed by atoms with Crippen molar-refractivity contribution in [2.75, 3.05) is 39.6 Å². The number of rotatable bonds is 78. The van der Waals surface area contributed by atoms with Gasteiger partial charge in [-0.05, 0) is 31.6 Å². The van der Waals surface area contributed by atoms with Crippen LogP contribution in [0, 0.1) is 5.92 Å². The van der Waals surface area contributed by atoms with E-state index in [2.05, 4.69) is 34.6 Å². The molecule has 0 aromatic heterocycles. The minimum absolute atomic E-state index is 0.108. The Labute approximate surface area is 594 Å². The number of ether oxygens (including phenoxy) is 4. The molecule has 0 amide bonds. The van der Waals surface area contributed by atoms with Gasteiger partial charge in [0.1, 0.15) is 19.3 Å². The van der Waals surface area contributed by atoms with Crippen molar-refractivity contribution in [3.63, 3.8) is 0 Å². The first-order chi connectivity index (χ1) is 47.0. The SMILES string of the molecule is CCCCCCCCCCCCCCCCCCCCC(=O)O[C@H](COC(=O)CCCCCCCCCCCCCCCC)COP(=O)(O)OC[C@@H](O)COP(=O)(O)OC[C@@H](COC(=O)CCCCCCCCCCC(C)C)OC(=O)CCCCCCCCCCCCCCCC. The summed E-state index contributed by atoms with van der Waals surface area (Å²) in [6.45, 7) is 7.28. The molecule has 5 atom stereocenters. The number of aliphatic hydroxyl groups is 1. The zero-order valence-electron chi connectivity index (χ0n) is 63.2. The summed E-state index contributed by atoms with van der Waals surface area (Å²) in [4.78, 5) is 72.9. The van der Waals surface area contributed by atoms with Gasteiger partial charge in [0, 0.05) is 25.7 Å². The standard InChI is InChI=1S/C78H152O17P2/c1-6-9-12-15-18-21-24-27-30-31-32-33-36-39-42-49-54-59-64-78(83)94-73(67-88-75(80)61-56-51-46-40-37-34-28-25-22-19-16-13-10-7-2)69-92-96(84,85)90-65-72(79)66-91-97(86,87)93-70-74(68-89-76(81)62-57-52-47-44-43-45-50-55-60-71(4)5)95-77(82)63-58-53-48-41-38-35-29-26-23-20-17-14-11-8-3/h71-74,79H,6-70H2,1-5H3,(H,84,85)(H,86,87)/t72-,73-,74-/m1/s1. The Kier molecular flexibility index (Phi) is 69.6. The van der Waals surface area contributed by atoms with E-state index in [-0.39, 0.29) is 25.7 Å². The van der Waals surface area contributed by atoms with Gasteiger partial charge in [-0.3, -0.25) is 37.3 Å². The van der Waals surface area contributed by atoms with Gasteiger partial charge in [0.2, 0.25) is 0 Å². The minimum Gasteiger partial charge on any atom is -0.462 e. The van der Waals surface area contributed by atoms with Gasteiger partial charge in [0.15, 0.2) is 12.2 Å². The third-order valence-corrected chi connectivity index (χ3v) is 20.2. The molecule has 19 heteroatoms. The molecule has 17 nitrogen and oxygen atoms in total. The highest BCUT2D eigenvalue weighted by Gasteiger charge is 2.30. The molecule has 0 aliphatic rings. The van der Waals surface area contributed by atoms with E-state index >= 15 is 0 Å². The second kappa shape index (κ2) is 71.1. The van der Waals surface area contributed by atoms with E-state index < -0.39 is 97.5 Å². The van der Waals surface area contributed by atoms with Crippen LogP contribution in [0.2, 0.25) is 0 Å². The maximum absolute atomic E-state index is 13.1. The second-order valence-corrected chi connectivity index (χ2v) is 31.5. The van der Waals surface area contributed by atoms with Crippen molar-refractivity contribution in [2.45, 2.75) is 432 Å². The number of carbonyl (C=O) groups is 4. The smallest absolute Gasteiger partial charge is 0.462 e. The number of esters is 4. The van der Waals surface area contributed by atoms with E-state index in [0.717, 1.165) is 95.8 Å². The highest BCUT2D eigenvalue weighted by molar-refractivity contribution is 7.47. The molecular formula is C78H152O17P2. The summed E-state index contributed by atoms with van der Waals surface area (Å²) in [5, 5.41) is 10.6. The maximum Gasteiger partial charge on any atom is 0.472 e. The van der Waals surface area contributed by atoms with Gasteiger partial charge < -0.3 is 33.8 Å². The molecule has 0 radical (unpaired) electrons. The molecule has 0 aromatic rings. The van der Waals surface area contributed by atoms with Gasteiger partial charge >= 0.3 is 39.5 Å². The van der Waals surface area contributed by atoms with Crippen LogP contribution in [0.5, 0.6) is 0 Å². The van der Waals surface area contributed by atoms with Gasteiger partial charge in [-0.15, -0.1) is 0 Å². The van der Waals surface area contributed by atoms with Gasteiger partial charge in [-0.25, -0.2) is 9.13 Å². The number of unbranched alkanes of at least 4 members (excludes halogenated alkanes) is 50. The topological polar surface area (TPSA) is 237 Å². The highest BCUT2D eigenvalue weighted by Crippen LogP contribution is 2.45. The predicted octanol–water partition coefficient (Wildman–Crippen LogP) is 23.3. The fraction of sp³-hybridized carbons (Fsp3) is 0.949. The quantitative estimate of drug-likeness (QED) is 0.0222. The molecule has 0 aliphatic heterocycles. The lowest BCUT2D eigenvalue weighted by Crippen LogP contribution is -2.30. The molecule has 0 saturated carbocycles. The summed E-state index contributed by atoms with van der Waals surface area (Å²) in [6, 6.07) is 0. The number of hydrogen-bond acceptors (Lipinski definition) is 15. The Morgan fingerprint density at radius 2 is 0.474 bits per heavy atom. The van der Waals surface area contributed by atoms with Gasteiger partial charge in [0.05, 0.1) is 26.4 Å². The third-order valence-electron chi connectivity index (χ3n) is 18.3. The lowest BCUT2D eigenvalue weighted by Gasteiger charge is -2.21. The highest BCUT2D eigenvalue weighted by atomic mass is 31.2. The molecule has 0 fully saturated rings. The molecular weight excluding hydrogens is 1270 g/mol. The van der Waals surface area contributed by atoms with Crippen LogP contribution in [0.15, 0.2) is 0 Å². The average Bonchev–Trinajstić information content (AvgIpc) is 1.34. The van der Waals surface area contributed by atoms with Crippen LogP contribution in [-0.4, -0.2) is 96.7 Å². The first-order valence-corrected chi connectivity index (χ1v) is 43.6. The van der Waals surface area contributed by atoms with E-state index in [0.29, 0.717) is 25.7 Å². The van der Waals surface area contributed by atoms with Crippen molar-refractivity contribution in [3.05, 3.63) is 0 Å². The molecule has 3 N–H and O–H groups in total. The zero-order valence-corrected chi connectivity index (χ0v) is 65.0. The van der Waals surface area contributed by atoms with E-state index in [1.165, 1.54) is 238 Å². The fourth-order valence-corrected chi connectivity index (χ4v) is 13.6.